The third kappa shape index (κ3) is 2.71. The molecule has 1 N–H and O–H groups in total. The largest absolute Gasteiger partial charge is 0.493 e. The summed E-state index contributed by atoms with van der Waals surface area (Å²) in [5, 5.41) is 1.64. The van der Waals surface area contributed by atoms with Crippen LogP contribution in [0.3, 0.4) is 0 Å². The molecule has 3 heterocycles. The van der Waals surface area contributed by atoms with Gasteiger partial charge in [0.15, 0.2) is 16.6 Å². The van der Waals surface area contributed by atoms with E-state index in [1.807, 2.05) is 29.2 Å². The van der Waals surface area contributed by atoms with E-state index < -0.39 is 0 Å². The maximum absolute atomic E-state index is 13.1. The van der Waals surface area contributed by atoms with Gasteiger partial charge in [-0.25, -0.2) is 0 Å². The number of ether oxygens (including phenoxy) is 3. The van der Waals surface area contributed by atoms with Crippen LogP contribution < -0.4 is 14.2 Å². The van der Waals surface area contributed by atoms with Crippen molar-refractivity contribution in [2.75, 3.05) is 28.4 Å². The normalized spacial score (nSPS) is 20.1. The number of hydrogen-bond acceptors (Lipinski definition) is 5. The summed E-state index contributed by atoms with van der Waals surface area (Å²) in [6.07, 6.45) is 0.601. The highest BCUT2D eigenvalue weighted by atomic mass is 32.1. The summed E-state index contributed by atoms with van der Waals surface area (Å²) in [4.78, 5) is 20.2. The standard InChI is InChI=1S/C23H23N3O4S/c1-25-22(27)16-11-14-13-7-5-6-8-15(13)24-19(14)20(26(16)23(25)31)12-9-17(28-2)21(30-4)18(10-12)29-3/h5-10,16,20,24H,11H2,1-4H3. The number of aromatic amines is 1. The molecule has 1 saturated heterocycles. The highest BCUT2D eigenvalue weighted by Crippen LogP contribution is 2.47. The number of para-hydroxylation sites is 1. The van der Waals surface area contributed by atoms with Crippen molar-refractivity contribution in [3.63, 3.8) is 0 Å². The van der Waals surface area contributed by atoms with Crippen molar-refractivity contribution in [2.45, 2.75) is 18.5 Å². The lowest BCUT2D eigenvalue weighted by molar-refractivity contribution is -0.127. The van der Waals surface area contributed by atoms with Crippen LogP contribution >= 0.6 is 12.2 Å². The molecule has 31 heavy (non-hydrogen) atoms. The van der Waals surface area contributed by atoms with E-state index in [1.165, 1.54) is 0 Å². The number of fused-ring (bicyclic) bond motifs is 4. The number of thiocarbonyl (C=S) groups is 1. The molecule has 1 amide bonds. The molecular weight excluding hydrogens is 414 g/mol. The summed E-state index contributed by atoms with van der Waals surface area (Å²) in [6.45, 7) is 0. The Hall–Kier alpha value is -3.26. The Morgan fingerprint density at radius 3 is 2.39 bits per heavy atom. The Morgan fingerprint density at radius 1 is 1.06 bits per heavy atom. The Bertz CT molecular complexity index is 1200. The number of H-pyrrole nitrogens is 1. The molecule has 0 bridgehead atoms. The van der Waals surface area contributed by atoms with Gasteiger partial charge in [0.1, 0.15) is 6.04 Å². The molecule has 2 unspecified atom stereocenters. The number of benzene rings is 2. The molecule has 5 rings (SSSR count). The minimum absolute atomic E-state index is 0.0124. The van der Waals surface area contributed by atoms with E-state index in [2.05, 4.69) is 17.1 Å². The van der Waals surface area contributed by atoms with Crippen molar-refractivity contribution < 1.29 is 19.0 Å². The van der Waals surface area contributed by atoms with Gasteiger partial charge in [0.2, 0.25) is 5.75 Å². The van der Waals surface area contributed by atoms with Crippen LogP contribution in [0.4, 0.5) is 0 Å². The van der Waals surface area contributed by atoms with Gasteiger partial charge in [-0.3, -0.25) is 9.69 Å². The lowest BCUT2D eigenvalue weighted by Crippen LogP contribution is -2.44. The first-order chi connectivity index (χ1) is 15.0. The van der Waals surface area contributed by atoms with E-state index >= 15 is 0 Å². The minimum Gasteiger partial charge on any atom is -0.493 e. The minimum atomic E-state index is -0.353. The van der Waals surface area contributed by atoms with E-state index in [9.17, 15) is 4.79 Å². The van der Waals surface area contributed by atoms with Crippen LogP contribution in [0, 0.1) is 0 Å². The summed E-state index contributed by atoms with van der Waals surface area (Å²) in [7, 11) is 6.51. The monoisotopic (exact) mass is 437 g/mol. The first kappa shape index (κ1) is 19.7. The molecule has 160 valence electrons. The molecule has 2 aliphatic heterocycles. The average Bonchev–Trinajstić information content (AvgIpc) is 3.27. The molecule has 2 aromatic carbocycles. The van der Waals surface area contributed by atoms with Crippen molar-refractivity contribution in [1.82, 2.24) is 14.8 Å². The Labute approximate surface area is 185 Å². The second-order valence-corrected chi connectivity index (χ2v) is 8.10. The molecule has 1 fully saturated rings. The van der Waals surface area contributed by atoms with E-state index in [4.69, 9.17) is 26.4 Å². The number of nitrogens with zero attached hydrogens (tertiary/aromatic N) is 2. The number of rotatable bonds is 4. The Kier molecular flexibility index (Phi) is 4.55. The van der Waals surface area contributed by atoms with E-state index in [1.54, 1.807) is 33.3 Å². The van der Waals surface area contributed by atoms with Crippen molar-refractivity contribution in [3.8, 4) is 17.2 Å². The number of methoxy groups -OCH3 is 3. The third-order valence-corrected chi connectivity index (χ3v) is 6.74. The van der Waals surface area contributed by atoms with Gasteiger partial charge in [0.05, 0.1) is 27.4 Å². The molecule has 0 aliphatic carbocycles. The molecule has 0 spiro atoms. The predicted octanol–water partition coefficient (Wildman–Crippen LogP) is 3.27. The molecule has 3 aromatic rings. The first-order valence-corrected chi connectivity index (χ1v) is 10.4. The summed E-state index contributed by atoms with van der Waals surface area (Å²) in [6, 6.07) is 11.4. The Balaban J connectivity index is 1.78. The molecule has 2 aliphatic rings. The average molecular weight is 438 g/mol. The first-order valence-electron chi connectivity index (χ1n) is 9.99. The van der Waals surface area contributed by atoms with Crippen LogP contribution in [0.25, 0.3) is 10.9 Å². The topological polar surface area (TPSA) is 67.0 Å². The predicted molar refractivity (Wildman–Crippen MR) is 121 cm³/mol. The molecule has 7 nitrogen and oxygen atoms in total. The van der Waals surface area contributed by atoms with Gasteiger partial charge in [0.25, 0.3) is 5.91 Å². The van der Waals surface area contributed by atoms with Crippen molar-refractivity contribution in [3.05, 3.63) is 53.2 Å². The number of likely N-dealkylation sites (N-methyl/N-ethyl adjacent to an activating group) is 1. The van der Waals surface area contributed by atoms with Crippen molar-refractivity contribution in [1.29, 1.82) is 0 Å². The Morgan fingerprint density at radius 2 is 1.74 bits per heavy atom. The fourth-order valence-electron chi connectivity index (χ4n) is 4.81. The summed E-state index contributed by atoms with van der Waals surface area (Å²) in [5.41, 5.74) is 4.11. The van der Waals surface area contributed by atoms with Gasteiger partial charge in [0, 0.05) is 30.1 Å². The number of aromatic nitrogens is 1. The van der Waals surface area contributed by atoms with Crippen molar-refractivity contribution in [2.24, 2.45) is 0 Å². The van der Waals surface area contributed by atoms with Gasteiger partial charge in [-0.15, -0.1) is 0 Å². The van der Waals surface area contributed by atoms with Gasteiger partial charge in [-0.1, -0.05) is 18.2 Å². The maximum atomic E-state index is 13.1. The van der Waals surface area contributed by atoms with Crippen LogP contribution in [0.1, 0.15) is 22.9 Å². The quantitative estimate of drug-likeness (QED) is 0.632. The summed E-state index contributed by atoms with van der Waals surface area (Å²) < 4.78 is 16.7. The number of amides is 1. The van der Waals surface area contributed by atoms with Crippen molar-refractivity contribution >= 4 is 34.1 Å². The summed E-state index contributed by atoms with van der Waals surface area (Å²) in [5.74, 6) is 1.65. The zero-order valence-corrected chi connectivity index (χ0v) is 18.6. The van der Waals surface area contributed by atoms with Gasteiger partial charge >= 0.3 is 0 Å². The second-order valence-electron chi connectivity index (χ2n) is 7.73. The number of nitrogens with one attached hydrogen (secondary N) is 1. The van der Waals surface area contributed by atoms with Gasteiger partial charge in [-0.2, -0.15) is 0 Å². The third-order valence-electron chi connectivity index (χ3n) is 6.26. The van der Waals surface area contributed by atoms with Gasteiger partial charge < -0.3 is 24.1 Å². The van der Waals surface area contributed by atoms with Gasteiger partial charge in [-0.05, 0) is 41.5 Å². The number of carbonyl (C=O) groups is 1. The molecule has 1 aromatic heterocycles. The molecule has 0 radical (unpaired) electrons. The van der Waals surface area contributed by atoms with Crippen LogP contribution in [0.5, 0.6) is 17.2 Å². The van der Waals surface area contributed by atoms with E-state index in [-0.39, 0.29) is 18.0 Å². The van der Waals surface area contributed by atoms with Crippen LogP contribution in [-0.4, -0.2) is 60.2 Å². The fourth-order valence-corrected chi connectivity index (χ4v) is 5.14. The molecule has 0 saturated carbocycles. The summed E-state index contributed by atoms with van der Waals surface area (Å²) >= 11 is 5.70. The fraction of sp³-hybridized carbons (Fsp3) is 0.304. The molecular formula is C23H23N3O4S. The number of carbonyl (C=O) groups excluding carboxylic acids is 1. The maximum Gasteiger partial charge on any atom is 0.251 e. The second kappa shape index (κ2) is 7.16. The number of hydrogen-bond donors (Lipinski definition) is 1. The highest BCUT2D eigenvalue weighted by molar-refractivity contribution is 7.80. The smallest absolute Gasteiger partial charge is 0.251 e. The van der Waals surface area contributed by atoms with Crippen LogP contribution in [-0.2, 0) is 11.2 Å². The SMILES string of the molecule is COc1cc(C2c3[nH]c4ccccc4c3CC3C(=O)N(C)C(=S)N32)cc(OC)c1OC. The highest BCUT2D eigenvalue weighted by Gasteiger charge is 2.49. The zero-order chi connectivity index (χ0) is 21.9. The molecule has 8 heteroatoms. The van der Waals surface area contributed by atoms with E-state index in [0.717, 1.165) is 27.7 Å². The van der Waals surface area contributed by atoms with Crippen LogP contribution in [0.15, 0.2) is 36.4 Å². The van der Waals surface area contributed by atoms with Crippen LogP contribution in [0.2, 0.25) is 0 Å². The lowest BCUT2D eigenvalue weighted by Gasteiger charge is -2.37. The molecule has 2 atom stereocenters. The lowest BCUT2D eigenvalue weighted by atomic mass is 9.88. The zero-order valence-electron chi connectivity index (χ0n) is 17.8. The van der Waals surface area contributed by atoms with E-state index in [0.29, 0.717) is 28.8 Å².